The molecule has 2 heteroatoms. The van der Waals surface area contributed by atoms with E-state index in [1.54, 1.807) is 0 Å². The van der Waals surface area contributed by atoms with Crippen molar-refractivity contribution >= 4 is 22.8 Å². The summed E-state index contributed by atoms with van der Waals surface area (Å²) in [4.78, 5) is 16.5. The van der Waals surface area contributed by atoms with E-state index in [9.17, 15) is 4.79 Å². The topological polar surface area (TPSA) is 20.3 Å². The van der Waals surface area contributed by atoms with Crippen molar-refractivity contribution in [2.45, 2.75) is 83.5 Å². The lowest BCUT2D eigenvalue weighted by Gasteiger charge is -2.48. The van der Waals surface area contributed by atoms with Gasteiger partial charge >= 0.3 is 0 Å². The number of carbonyl (C=O) groups is 1. The van der Waals surface area contributed by atoms with Gasteiger partial charge in [-0.05, 0) is 83.3 Å². The summed E-state index contributed by atoms with van der Waals surface area (Å²) in [6.45, 7) is 4.57. The van der Waals surface area contributed by atoms with Gasteiger partial charge in [0, 0.05) is 16.8 Å². The zero-order chi connectivity index (χ0) is 31.5. The molecule has 232 valence electrons. The second kappa shape index (κ2) is 13.1. The summed E-state index contributed by atoms with van der Waals surface area (Å²) in [6.07, 6.45) is 12.3. The molecular formula is C44H45NO. The monoisotopic (exact) mass is 603 g/mol. The van der Waals surface area contributed by atoms with Crippen molar-refractivity contribution in [2.75, 3.05) is 4.90 Å². The van der Waals surface area contributed by atoms with E-state index in [2.05, 4.69) is 110 Å². The van der Waals surface area contributed by atoms with Gasteiger partial charge in [-0.25, -0.2) is 0 Å². The van der Waals surface area contributed by atoms with Gasteiger partial charge in [0.15, 0.2) is 5.78 Å². The van der Waals surface area contributed by atoms with Crippen molar-refractivity contribution in [1.29, 1.82) is 0 Å². The smallest absolute Gasteiger partial charge is 0.193 e. The first-order chi connectivity index (χ1) is 22.7. The van der Waals surface area contributed by atoms with Crippen LogP contribution in [0.5, 0.6) is 0 Å². The Hall–Kier alpha value is -4.43. The van der Waals surface area contributed by atoms with E-state index in [0.29, 0.717) is 0 Å². The molecule has 1 spiro atoms. The van der Waals surface area contributed by atoms with Crippen molar-refractivity contribution in [3.63, 3.8) is 0 Å². The Kier molecular flexibility index (Phi) is 8.63. The number of unbranched alkanes of at least 4 members (excludes halogenated alkanes) is 6. The zero-order valence-electron chi connectivity index (χ0n) is 27.4. The molecular weight excluding hydrogens is 558 g/mol. The number of ketones is 1. The van der Waals surface area contributed by atoms with E-state index in [1.807, 2.05) is 24.3 Å². The number of anilines is 3. The minimum Gasteiger partial charge on any atom is -0.310 e. The predicted octanol–water partition coefficient (Wildman–Crippen LogP) is 11.6. The van der Waals surface area contributed by atoms with Crippen LogP contribution in [0.25, 0.3) is 0 Å². The maximum absolute atomic E-state index is 14.0. The van der Waals surface area contributed by atoms with E-state index < -0.39 is 5.41 Å². The number of carbonyl (C=O) groups excluding carboxylic acids is 1. The number of nitrogens with zero attached hydrogens (tertiary/aromatic N) is 1. The lowest BCUT2D eigenvalue weighted by atomic mass is 9.57. The van der Waals surface area contributed by atoms with Crippen LogP contribution < -0.4 is 4.90 Å². The van der Waals surface area contributed by atoms with Gasteiger partial charge in [0.1, 0.15) is 0 Å². The van der Waals surface area contributed by atoms with Crippen molar-refractivity contribution in [2.24, 2.45) is 0 Å². The van der Waals surface area contributed by atoms with Gasteiger partial charge in [0.2, 0.25) is 0 Å². The minimum absolute atomic E-state index is 0.109. The Morgan fingerprint density at radius 1 is 0.500 bits per heavy atom. The molecule has 5 aromatic carbocycles. The predicted molar refractivity (Wildman–Crippen MR) is 192 cm³/mol. The number of rotatable bonds is 11. The van der Waals surface area contributed by atoms with E-state index in [0.717, 1.165) is 35.1 Å². The van der Waals surface area contributed by atoms with Gasteiger partial charge in [-0.2, -0.15) is 0 Å². The van der Waals surface area contributed by atoms with Crippen molar-refractivity contribution < 1.29 is 4.79 Å². The Balaban J connectivity index is 1.45. The fourth-order valence-electron chi connectivity index (χ4n) is 8.08. The summed E-state index contributed by atoms with van der Waals surface area (Å²) in [5.41, 5.74) is 12.0. The Bertz CT molecular complexity index is 1740. The number of hydrogen-bond donors (Lipinski definition) is 0. The van der Waals surface area contributed by atoms with Gasteiger partial charge in [-0.3, -0.25) is 4.79 Å². The van der Waals surface area contributed by atoms with Crippen molar-refractivity contribution in [3.8, 4) is 0 Å². The van der Waals surface area contributed by atoms with Gasteiger partial charge in [-0.1, -0.05) is 143 Å². The number of para-hydroxylation sites is 2. The fraction of sp³-hybridized carbons (Fsp3) is 0.295. The van der Waals surface area contributed by atoms with Gasteiger partial charge < -0.3 is 4.90 Å². The van der Waals surface area contributed by atoms with Crippen LogP contribution in [0.1, 0.15) is 115 Å². The maximum atomic E-state index is 14.0. The Morgan fingerprint density at radius 2 is 0.935 bits per heavy atom. The van der Waals surface area contributed by atoms with Gasteiger partial charge in [0.25, 0.3) is 0 Å². The quantitative estimate of drug-likeness (QED) is 0.137. The summed E-state index contributed by atoms with van der Waals surface area (Å²) in [6, 6.07) is 41.7. The third kappa shape index (κ3) is 5.09. The van der Waals surface area contributed by atoms with Gasteiger partial charge in [-0.15, -0.1) is 0 Å². The molecule has 0 saturated heterocycles. The number of hydrogen-bond acceptors (Lipinski definition) is 2. The standard InChI is InChI=1S/C44H45NO/c1-3-5-7-9-19-32-29-33(20-10-8-6-4-2)31-34(30-32)45-41-27-17-15-25-39(41)44(40-26-16-18-28-42(40)45)37-23-13-11-21-35(37)43(46)36-22-12-14-24-38(36)44/h11-18,21-31H,3-10,19-20H2,1-2H3. The third-order valence-corrected chi connectivity index (χ3v) is 10.2. The molecule has 1 heterocycles. The highest BCUT2D eigenvalue weighted by Crippen LogP contribution is 2.60. The molecule has 0 radical (unpaired) electrons. The molecule has 1 aliphatic heterocycles. The zero-order valence-corrected chi connectivity index (χ0v) is 27.4. The van der Waals surface area contributed by atoms with Crippen LogP contribution in [0.2, 0.25) is 0 Å². The van der Waals surface area contributed by atoms with Crippen LogP contribution in [-0.4, -0.2) is 5.78 Å². The van der Waals surface area contributed by atoms with Crippen LogP contribution in [0.15, 0.2) is 115 Å². The second-order valence-corrected chi connectivity index (χ2v) is 13.2. The number of aryl methyl sites for hydroxylation is 2. The van der Waals surface area contributed by atoms with Crippen molar-refractivity contribution in [3.05, 3.63) is 160 Å². The first-order valence-corrected chi connectivity index (χ1v) is 17.5. The second-order valence-electron chi connectivity index (χ2n) is 13.2. The van der Waals surface area contributed by atoms with Crippen molar-refractivity contribution in [1.82, 2.24) is 0 Å². The highest BCUT2D eigenvalue weighted by Gasteiger charge is 2.51. The molecule has 0 atom stereocenters. The molecule has 0 saturated carbocycles. The Labute approximate surface area is 275 Å². The summed E-state index contributed by atoms with van der Waals surface area (Å²) < 4.78 is 0. The number of benzene rings is 5. The van der Waals surface area contributed by atoms with Gasteiger partial charge in [0.05, 0.1) is 16.8 Å². The molecule has 0 bridgehead atoms. The highest BCUT2D eigenvalue weighted by molar-refractivity contribution is 6.14. The average Bonchev–Trinajstić information content (AvgIpc) is 3.10. The van der Waals surface area contributed by atoms with Crippen LogP contribution >= 0.6 is 0 Å². The third-order valence-electron chi connectivity index (χ3n) is 10.2. The minimum atomic E-state index is -0.606. The van der Waals surface area contributed by atoms with E-state index >= 15 is 0 Å². The molecule has 5 aromatic rings. The normalized spacial score (nSPS) is 14.0. The lowest BCUT2D eigenvalue weighted by molar-refractivity contribution is 0.103. The van der Waals surface area contributed by atoms with E-state index in [4.69, 9.17) is 0 Å². The molecule has 2 nitrogen and oxygen atoms in total. The summed E-state index contributed by atoms with van der Waals surface area (Å²) in [5.74, 6) is 0.109. The van der Waals surface area contributed by atoms with Crippen LogP contribution in [0.3, 0.4) is 0 Å². The first-order valence-electron chi connectivity index (χ1n) is 17.5. The van der Waals surface area contributed by atoms with Crippen LogP contribution in [-0.2, 0) is 18.3 Å². The molecule has 0 amide bonds. The summed E-state index contributed by atoms with van der Waals surface area (Å²) in [5, 5.41) is 0. The molecule has 0 unspecified atom stereocenters. The molecule has 2 aliphatic rings. The first kappa shape index (κ1) is 30.2. The maximum Gasteiger partial charge on any atom is 0.193 e. The van der Waals surface area contributed by atoms with E-state index in [-0.39, 0.29) is 5.78 Å². The molecule has 7 rings (SSSR count). The van der Waals surface area contributed by atoms with E-state index in [1.165, 1.54) is 90.7 Å². The largest absolute Gasteiger partial charge is 0.310 e. The number of fused-ring (bicyclic) bond motifs is 8. The molecule has 0 aromatic heterocycles. The lowest BCUT2D eigenvalue weighted by Crippen LogP contribution is -2.42. The molecule has 1 aliphatic carbocycles. The average molecular weight is 604 g/mol. The SMILES string of the molecule is CCCCCCc1cc(CCCCCC)cc(N2c3ccccc3C3(c4ccccc4C(=O)c4ccccc43)c3ccccc32)c1. The summed E-state index contributed by atoms with van der Waals surface area (Å²) >= 11 is 0. The summed E-state index contributed by atoms with van der Waals surface area (Å²) in [7, 11) is 0. The Morgan fingerprint density at radius 3 is 1.41 bits per heavy atom. The molecule has 46 heavy (non-hydrogen) atoms. The van der Waals surface area contributed by atoms with Crippen LogP contribution in [0, 0.1) is 0 Å². The molecule has 0 fully saturated rings. The molecule has 0 N–H and O–H groups in total. The fourth-order valence-corrected chi connectivity index (χ4v) is 8.08. The van der Waals surface area contributed by atoms with Crippen LogP contribution in [0.4, 0.5) is 17.1 Å². The highest BCUT2D eigenvalue weighted by atomic mass is 16.1.